The van der Waals surface area contributed by atoms with Crippen LogP contribution in [0, 0.1) is 0 Å². The van der Waals surface area contributed by atoms with Crippen LogP contribution in [0.5, 0.6) is 17.2 Å². The lowest BCUT2D eigenvalue weighted by molar-refractivity contribution is 0.0729. The maximum absolute atomic E-state index is 12.8. The molecule has 4 aromatic carbocycles. The van der Waals surface area contributed by atoms with Crippen molar-refractivity contribution in [3.8, 4) is 17.2 Å². The molecule has 1 amide bonds. The molecule has 0 saturated carbocycles. The number of halogens is 1. The van der Waals surface area contributed by atoms with E-state index in [1.54, 1.807) is 48.5 Å². The molecule has 0 aliphatic heterocycles. The molecule has 12 heteroatoms. The van der Waals surface area contributed by atoms with E-state index < -0.39 is 21.9 Å². The molecule has 10 nitrogen and oxygen atoms in total. The molecule has 42 heavy (non-hydrogen) atoms. The van der Waals surface area contributed by atoms with Crippen molar-refractivity contribution >= 4 is 45.4 Å². The van der Waals surface area contributed by atoms with Gasteiger partial charge in [0.15, 0.2) is 11.5 Å². The Kier molecular flexibility index (Phi) is 9.79. The van der Waals surface area contributed by atoms with Crippen LogP contribution in [-0.2, 0) is 10.0 Å². The highest BCUT2D eigenvalue weighted by Gasteiger charge is 2.19. The van der Waals surface area contributed by atoms with Gasteiger partial charge in [-0.2, -0.15) is 5.10 Å². The van der Waals surface area contributed by atoms with E-state index in [2.05, 4.69) is 15.2 Å². The number of anilines is 1. The largest absolute Gasteiger partial charge is 0.494 e. The molecule has 0 spiro atoms. The zero-order valence-corrected chi connectivity index (χ0v) is 24.1. The van der Waals surface area contributed by atoms with E-state index in [-0.39, 0.29) is 27.6 Å². The first-order chi connectivity index (χ1) is 20.2. The van der Waals surface area contributed by atoms with Crippen molar-refractivity contribution in [3.63, 3.8) is 0 Å². The fourth-order valence-corrected chi connectivity index (χ4v) is 4.88. The molecule has 0 aromatic heterocycles. The van der Waals surface area contributed by atoms with Crippen LogP contribution in [0.25, 0.3) is 0 Å². The maximum Gasteiger partial charge on any atom is 0.343 e. The summed E-state index contributed by atoms with van der Waals surface area (Å²) in [5.41, 5.74) is 3.38. The molecule has 216 valence electrons. The van der Waals surface area contributed by atoms with Crippen LogP contribution in [0.4, 0.5) is 5.69 Å². The predicted molar refractivity (Wildman–Crippen MR) is 159 cm³/mol. The first kappa shape index (κ1) is 30.1. The number of nitrogens with one attached hydrogen (secondary N) is 2. The van der Waals surface area contributed by atoms with Gasteiger partial charge in [0.2, 0.25) is 0 Å². The third-order valence-corrected chi connectivity index (χ3v) is 7.34. The van der Waals surface area contributed by atoms with Gasteiger partial charge >= 0.3 is 5.97 Å². The van der Waals surface area contributed by atoms with Crippen LogP contribution in [0.2, 0.25) is 5.02 Å². The van der Waals surface area contributed by atoms with Gasteiger partial charge in [-0.1, -0.05) is 23.7 Å². The molecule has 0 heterocycles. The van der Waals surface area contributed by atoms with E-state index >= 15 is 0 Å². The number of sulfonamides is 1. The number of rotatable bonds is 11. The van der Waals surface area contributed by atoms with Gasteiger partial charge in [0.05, 0.1) is 41.6 Å². The van der Waals surface area contributed by atoms with Gasteiger partial charge in [-0.15, -0.1) is 0 Å². The monoisotopic (exact) mass is 607 g/mol. The Hall–Kier alpha value is -4.87. The van der Waals surface area contributed by atoms with Crippen LogP contribution in [-0.4, -0.2) is 40.2 Å². The van der Waals surface area contributed by atoms with Gasteiger partial charge in [0.25, 0.3) is 15.9 Å². The number of esters is 1. The van der Waals surface area contributed by atoms with E-state index in [1.807, 2.05) is 6.92 Å². The van der Waals surface area contributed by atoms with E-state index in [1.165, 1.54) is 55.8 Å². The number of hydrogen-bond donors (Lipinski definition) is 2. The second-order valence-electron chi connectivity index (χ2n) is 8.56. The van der Waals surface area contributed by atoms with Gasteiger partial charge in [-0.25, -0.2) is 18.6 Å². The first-order valence-corrected chi connectivity index (χ1v) is 14.4. The first-order valence-electron chi connectivity index (χ1n) is 12.5. The number of carbonyl (C=O) groups excluding carboxylic acids is 2. The smallest absolute Gasteiger partial charge is 0.343 e. The number of benzene rings is 4. The van der Waals surface area contributed by atoms with Gasteiger partial charge in [0.1, 0.15) is 5.75 Å². The van der Waals surface area contributed by atoms with Crippen molar-refractivity contribution in [2.45, 2.75) is 11.8 Å². The van der Waals surface area contributed by atoms with Crippen molar-refractivity contribution in [1.29, 1.82) is 0 Å². The van der Waals surface area contributed by atoms with Crippen LogP contribution in [0.3, 0.4) is 0 Å². The van der Waals surface area contributed by atoms with Crippen molar-refractivity contribution in [1.82, 2.24) is 5.43 Å². The summed E-state index contributed by atoms with van der Waals surface area (Å²) in [5.74, 6) is -0.111. The summed E-state index contributed by atoms with van der Waals surface area (Å²) in [7, 11) is -2.55. The van der Waals surface area contributed by atoms with E-state index in [4.69, 9.17) is 25.8 Å². The lowest BCUT2D eigenvalue weighted by Gasteiger charge is -2.12. The Labute approximate surface area is 247 Å². The normalized spacial score (nSPS) is 11.1. The van der Waals surface area contributed by atoms with Crippen molar-refractivity contribution in [3.05, 3.63) is 113 Å². The Morgan fingerprint density at radius 2 is 1.64 bits per heavy atom. The number of hydrogen-bond acceptors (Lipinski definition) is 8. The summed E-state index contributed by atoms with van der Waals surface area (Å²) in [6.07, 6.45) is 1.36. The molecule has 0 atom stereocenters. The third-order valence-electron chi connectivity index (χ3n) is 5.71. The summed E-state index contributed by atoms with van der Waals surface area (Å²) in [5, 5.41) is 4.36. The number of nitrogens with zero attached hydrogens (tertiary/aromatic N) is 1. The van der Waals surface area contributed by atoms with Crippen molar-refractivity contribution in [2.75, 3.05) is 18.4 Å². The molecule has 0 unspecified atom stereocenters. The minimum absolute atomic E-state index is 0.0114. The van der Waals surface area contributed by atoms with E-state index in [0.717, 1.165) is 0 Å². The van der Waals surface area contributed by atoms with Gasteiger partial charge in [0, 0.05) is 5.02 Å². The zero-order valence-electron chi connectivity index (χ0n) is 22.5. The number of para-hydroxylation sites is 1. The molecule has 4 aromatic rings. The molecule has 4 rings (SSSR count). The lowest BCUT2D eigenvalue weighted by Crippen LogP contribution is -2.21. The minimum atomic E-state index is -3.97. The second kappa shape index (κ2) is 13.7. The summed E-state index contributed by atoms with van der Waals surface area (Å²) in [4.78, 5) is 25.4. The predicted octanol–water partition coefficient (Wildman–Crippen LogP) is 5.53. The topological polar surface area (TPSA) is 132 Å². The summed E-state index contributed by atoms with van der Waals surface area (Å²) in [6.45, 7) is 2.38. The summed E-state index contributed by atoms with van der Waals surface area (Å²) >= 11 is 5.85. The highest BCUT2D eigenvalue weighted by atomic mass is 35.5. The number of carbonyl (C=O) groups is 2. The Bertz CT molecular complexity index is 1710. The van der Waals surface area contributed by atoms with E-state index in [9.17, 15) is 18.0 Å². The van der Waals surface area contributed by atoms with Crippen LogP contribution >= 0.6 is 11.6 Å². The number of ether oxygens (including phenoxy) is 3. The molecule has 0 aliphatic carbocycles. The van der Waals surface area contributed by atoms with Crippen molar-refractivity contribution in [2.24, 2.45) is 5.10 Å². The number of hydrazone groups is 1. The molecule has 0 radical (unpaired) electrons. The molecular formula is C30H26ClN3O7S. The van der Waals surface area contributed by atoms with Gasteiger partial charge in [-0.05, 0) is 91.3 Å². The maximum atomic E-state index is 12.8. The quantitative estimate of drug-likeness (QED) is 0.0991. The minimum Gasteiger partial charge on any atom is -0.494 e. The van der Waals surface area contributed by atoms with Crippen LogP contribution in [0.1, 0.15) is 33.2 Å². The average Bonchev–Trinajstić information content (AvgIpc) is 2.98. The molecule has 0 saturated heterocycles. The molecule has 2 N–H and O–H groups in total. The van der Waals surface area contributed by atoms with E-state index in [0.29, 0.717) is 28.5 Å². The third kappa shape index (κ3) is 7.65. The fraction of sp³-hybridized carbons (Fsp3) is 0.100. The van der Waals surface area contributed by atoms with Crippen LogP contribution < -0.4 is 24.4 Å². The zero-order chi connectivity index (χ0) is 30.1. The Morgan fingerprint density at radius 1 is 0.929 bits per heavy atom. The fourth-order valence-electron chi connectivity index (χ4n) is 3.67. The second-order valence-corrected chi connectivity index (χ2v) is 10.7. The number of amides is 1. The summed E-state index contributed by atoms with van der Waals surface area (Å²) in [6, 6.07) is 23.0. The summed E-state index contributed by atoms with van der Waals surface area (Å²) < 4.78 is 44.2. The molecule has 0 aliphatic rings. The average molecular weight is 608 g/mol. The highest BCUT2D eigenvalue weighted by Crippen LogP contribution is 2.29. The Morgan fingerprint density at radius 3 is 2.33 bits per heavy atom. The van der Waals surface area contributed by atoms with Gasteiger partial charge < -0.3 is 14.2 Å². The Balaban J connectivity index is 1.42. The van der Waals surface area contributed by atoms with Crippen molar-refractivity contribution < 1.29 is 32.2 Å². The number of methoxy groups -OCH3 is 1. The molecular weight excluding hydrogens is 582 g/mol. The lowest BCUT2D eigenvalue weighted by atomic mass is 10.2. The molecule has 0 bridgehead atoms. The molecule has 0 fully saturated rings. The van der Waals surface area contributed by atoms with Gasteiger partial charge in [-0.3, -0.25) is 9.52 Å². The standard InChI is InChI=1S/C30H26ClN3O7S/c1-3-40-23-13-9-21(10-14-23)30(36)41-27-17-8-20(18-28(27)39-2)19-32-33-29(35)25-6-4-5-7-26(25)34-42(37,38)24-15-11-22(31)12-16-24/h4-19,34H,3H2,1-2H3,(H,33,35)/b32-19-. The highest BCUT2D eigenvalue weighted by molar-refractivity contribution is 7.92. The SMILES string of the molecule is CCOc1ccc(C(=O)Oc2ccc(/C=N\NC(=O)c3ccccc3NS(=O)(=O)c3ccc(Cl)cc3)cc2OC)cc1. The van der Waals surface area contributed by atoms with Crippen LogP contribution in [0.15, 0.2) is 101 Å².